The molecular formula is C16H14Br4O4S. The van der Waals surface area contributed by atoms with Crippen LogP contribution in [0.5, 0.6) is 11.5 Å². The fraction of sp³-hybridized carbons (Fsp3) is 0.250. The van der Waals surface area contributed by atoms with Crippen LogP contribution in [0.2, 0.25) is 0 Å². The molecule has 2 aromatic rings. The standard InChI is InChI=1S/C16H14Br4O4S/c1-23-13-7-3-11(4-8-13)15(17,18)25(21,22)16(19,20)12-5-9-14(24-2)10-6-12/h3-10H,1-2H3. The zero-order chi connectivity index (χ0) is 18.9. The smallest absolute Gasteiger partial charge is 0.210 e. The Morgan fingerprint density at radius 1 is 0.680 bits per heavy atom. The van der Waals surface area contributed by atoms with E-state index in [9.17, 15) is 8.42 Å². The molecule has 0 aliphatic heterocycles. The van der Waals surface area contributed by atoms with E-state index in [1.54, 1.807) is 62.8 Å². The maximum Gasteiger partial charge on any atom is 0.210 e. The number of benzene rings is 2. The van der Waals surface area contributed by atoms with E-state index in [-0.39, 0.29) is 0 Å². The van der Waals surface area contributed by atoms with Crippen LogP contribution >= 0.6 is 63.7 Å². The lowest BCUT2D eigenvalue weighted by Gasteiger charge is -2.30. The Kier molecular flexibility index (Phi) is 6.69. The lowest BCUT2D eigenvalue weighted by Crippen LogP contribution is -2.34. The van der Waals surface area contributed by atoms with Crippen molar-refractivity contribution in [2.45, 2.75) is 5.13 Å². The molecule has 0 spiro atoms. The molecule has 136 valence electrons. The molecule has 0 N–H and O–H groups in total. The van der Waals surface area contributed by atoms with Crippen molar-refractivity contribution in [3.63, 3.8) is 0 Å². The van der Waals surface area contributed by atoms with Crippen LogP contribution in [0, 0.1) is 0 Å². The van der Waals surface area contributed by atoms with Gasteiger partial charge >= 0.3 is 0 Å². The van der Waals surface area contributed by atoms with Gasteiger partial charge in [-0.1, -0.05) is 24.3 Å². The van der Waals surface area contributed by atoms with E-state index in [1.165, 1.54) is 0 Å². The Labute approximate surface area is 180 Å². The molecular weight excluding hydrogens is 608 g/mol. The van der Waals surface area contributed by atoms with Crippen LogP contribution in [0.4, 0.5) is 0 Å². The quantitative estimate of drug-likeness (QED) is 0.393. The Bertz CT molecular complexity index is 766. The van der Waals surface area contributed by atoms with Crippen molar-refractivity contribution in [1.29, 1.82) is 0 Å². The summed E-state index contributed by atoms with van der Waals surface area (Å²) in [7, 11) is -0.801. The number of ether oxygens (including phenoxy) is 2. The zero-order valence-electron chi connectivity index (χ0n) is 13.2. The lowest BCUT2D eigenvalue weighted by atomic mass is 10.2. The maximum absolute atomic E-state index is 13.3. The highest BCUT2D eigenvalue weighted by Gasteiger charge is 2.54. The third kappa shape index (κ3) is 3.95. The average Bonchev–Trinajstić information content (AvgIpc) is 2.61. The molecule has 25 heavy (non-hydrogen) atoms. The van der Waals surface area contributed by atoms with E-state index in [0.29, 0.717) is 22.6 Å². The molecule has 0 unspecified atom stereocenters. The van der Waals surface area contributed by atoms with Gasteiger partial charge < -0.3 is 9.47 Å². The first-order valence-electron chi connectivity index (χ1n) is 6.86. The van der Waals surface area contributed by atoms with Crippen molar-refractivity contribution >= 4 is 73.6 Å². The van der Waals surface area contributed by atoms with Gasteiger partial charge in [0.2, 0.25) is 15.0 Å². The molecule has 0 aromatic heterocycles. The minimum Gasteiger partial charge on any atom is -0.497 e. The van der Waals surface area contributed by atoms with Gasteiger partial charge in [-0.3, -0.25) is 0 Å². The second kappa shape index (κ2) is 7.88. The number of halogens is 4. The predicted molar refractivity (Wildman–Crippen MR) is 114 cm³/mol. The Balaban J connectivity index is 2.48. The molecule has 0 heterocycles. The molecule has 0 aliphatic rings. The third-order valence-electron chi connectivity index (χ3n) is 3.53. The molecule has 0 radical (unpaired) electrons. The SMILES string of the molecule is COc1ccc(C(Br)(Br)S(=O)(=O)C(Br)(Br)c2ccc(OC)cc2)cc1. The fourth-order valence-corrected chi connectivity index (χ4v) is 9.83. The van der Waals surface area contributed by atoms with Gasteiger partial charge in [-0.05, 0) is 99.1 Å². The third-order valence-corrected chi connectivity index (χ3v) is 12.3. The van der Waals surface area contributed by atoms with Gasteiger partial charge in [0.05, 0.1) is 14.2 Å². The number of alkyl halides is 4. The van der Waals surface area contributed by atoms with Gasteiger partial charge in [0.25, 0.3) is 0 Å². The largest absolute Gasteiger partial charge is 0.497 e. The second-order valence-corrected chi connectivity index (χ2v) is 16.2. The first kappa shape index (κ1) is 21.2. The van der Waals surface area contributed by atoms with E-state index < -0.39 is 15.0 Å². The molecule has 2 rings (SSSR count). The molecule has 0 aliphatic carbocycles. The molecule has 0 fully saturated rings. The topological polar surface area (TPSA) is 52.6 Å². The van der Waals surface area contributed by atoms with Crippen LogP contribution in [0.1, 0.15) is 11.1 Å². The summed E-state index contributed by atoms with van der Waals surface area (Å²) >= 11 is 13.3. The molecule has 0 atom stereocenters. The first-order valence-corrected chi connectivity index (χ1v) is 11.5. The van der Waals surface area contributed by atoms with Gasteiger partial charge in [-0.15, -0.1) is 0 Å². The fourth-order valence-electron chi connectivity index (χ4n) is 2.04. The summed E-state index contributed by atoms with van der Waals surface area (Å²) in [4.78, 5) is 0. The lowest BCUT2D eigenvalue weighted by molar-refractivity contribution is 0.414. The van der Waals surface area contributed by atoms with E-state index in [1.807, 2.05) is 0 Å². The van der Waals surface area contributed by atoms with E-state index in [4.69, 9.17) is 9.47 Å². The normalized spacial score (nSPS) is 12.7. The summed E-state index contributed by atoms with van der Waals surface area (Å²) in [5, 5.41) is 0. The van der Waals surface area contributed by atoms with Crippen molar-refractivity contribution in [3.8, 4) is 11.5 Å². The van der Waals surface area contributed by atoms with Crippen LogP contribution in [-0.2, 0) is 15.0 Å². The van der Waals surface area contributed by atoms with Crippen molar-refractivity contribution in [1.82, 2.24) is 0 Å². The van der Waals surface area contributed by atoms with Gasteiger partial charge in [0, 0.05) is 0 Å². The summed E-state index contributed by atoms with van der Waals surface area (Å²) in [5.41, 5.74) is 1.01. The molecule has 2 aromatic carbocycles. The zero-order valence-corrected chi connectivity index (χ0v) is 20.3. The van der Waals surface area contributed by atoms with Gasteiger partial charge in [0.1, 0.15) is 11.5 Å². The number of sulfone groups is 1. The molecule has 9 heteroatoms. The summed E-state index contributed by atoms with van der Waals surface area (Å²) in [6.45, 7) is 0. The van der Waals surface area contributed by atoms with Crippen LogP contribution in [0.15, 0.2) is 48.5 Å². The molecule has 0 saturated carbocycles. The van der Waals surface area contributed by atoms with Crippen molar-refractivity contribution in [3.05, 3.63) is 59.7 Å². The predicted octanol–water partition coefficient (Wildman–Crippen LogP) is 5.62. The van der Waals surface area contributed by atoms with Crippen molar-refractivity contribution < 1.29 is 17.9 Å². The van der Waals surface area contributed by atoms with E-state index >= 15 is 0 Å². The number of methoxy groups -OCH3 is 2. The van der Waals surface area contributed by atoms with Crippen molar-refractivity contribution in [2.75, 3.05) is 14.2 Å². The molecule has 0 amide bonds. The van der Waals surface area contributed by atoms with E-state index in [2.05, 4.69) is 63.7 Å². The maximum atomic E-state index is 13.3. The Morgan fingerprint density at radius 3 is 1.20 bits per heavy atom. The van der Waals surface area contributed by atoms with Crippen LogP contribution in [-0.4, -0.2) is 22.6 Å². The highest BCUT2D eigenvalue weighted by Crippen LogP contribution is 2.56. The molecule has 0 bridgehead atoms. The second-order valence-electron chi connectivity index (χ2n) is 4.99. The average molecular weight is 622 g/mol. The highest BCUT2D eigenvalue weighted by atomic mass is 79.9. The van der Waals surface area contributed by atoms with Gasteiger partial charge in [-0.25, -0.2) is 8.42 Å². The van der Waals surface area contributed by atoms with Crippen LogP contribution in [0.25, 0.3) is 0 Å². The van der Waals surface area contributed by atoms with Gasteiger partial charge in [0.15, 0.2) is 0 Å². The minimum absolute atomic E-state index is 0.505. The van der Waals surface area contributed by atoms with Crippen molar-refractivity contribution in [2.24, 2.45) is 0 Å². The summed E-state index contributed by atoms with van der Waals surface area (Å²) in [5.74, 6) is 1.27. The summed E-state index contributed by atoms with van der Waals surface area (Å²) < 4.78 is 33.9. The Hall–Kier alpha value is -0.0900. The molecule has 4 nitrogen and oxygen atoms in total. The van der Waals surface area contributed by atoms with Crippen LogP contribution in [0.3, 0.4) is 0 Å². The van der Waals surface area contributed by atoms with Gasteiger partial charge in [-0.2, -0.15) is 0 Å². The Morgan fingerprint density at radius 2 is 0.960 bits per heavy atom. The monoisotopic (exact) mass is 618 g/mol. The summed E-state index contributed by atoms with van der Waals surface area (Å²) in [6, 6.07) is 13.5. The highest BCUT2D eigenvalue weighted by molar-refractivity contribution is 9.30. The van der Waals surface area contributed by atoms with E-state index in [0.717, 1.165) is 0 Å². The molecule has 0 saturated heterocycles. The number of hydrogen-bond donors (Lipinski definition) is 0. The van der Waals surface area contributed by atoms with Crippen LogP contribution < -0.4 is 9.47 Å². The first-order chi connectivity index (χ1) is 11.6. The number of hydrogen-bond acceptors (Lipinski definition) is 4. The minimum atomic E-state index is -3.90. The summed E-state index contributed by atoms with van der Waals surface area (Å²) in [6.07, 6.45) is 0. The number of rotatable bonds is 6.